The van der Waals surface area contributed by atoms with Gasteiger partial charge in [-0.2, -0.15) is 5.10 Å². The maximum Gasteiger partial charge on any atom is 0.191 e. The number of aromatic nitrogens is 2. The van der Waals surface area contributed by atoms with Gasteiger partial charge in [-0.15, -0.1) is 24.0 Å². The van der Waals surface area contributed by atoms with Crippen molar-refractivity contribution in [3.63, 3.8) is 0 Å². The predicted octanol–water partition coefficient (Wildman–Crippen LogP) is 3.42. The van der Waals surface area contributed by atoms with Crippen LogP contribution in [0.15, 0.2) is 47.7 Å². The van der Waals surface area contributed by atoms with Gasteiger partial charge in [0.15, 0.2) is 5.96 Å². The minimum absolute atomic E-state index is 0. The van der Waals surface area contributed by atoms with Gasteiger partial charge in [0, 0.05) is 52.3 Å². The average molecular weight is 541 g/mol. The third kappa shape index (κ3) is 9.57. The number of benzene rings is 1. The molecule has 8 heteroatoms. The number of rotatable bonds is 11. The van der Waals surface area contributed by atoms with Crippen molar-refractivity contribution in [2.24, 2.45) is 10.9 Å². The standard InChI is InChI=1S/C23H35N5O2.HI/c1-2-24-23(25-12-6-14-30-19-20-10-15-29-16-11-20)26-13-9-21-17-27-28(18-21)22-7-4-3-5-8-22;/h3-5,7-8,17-18,20H,2,6,9-16,19H2,1H3,(H2,24,25,26);1H. The minimum atomic E-state index is 0. The normalized spacial score (nSPS) is 14.8. The van der Waals surface area contributed by atoms with E-state index in [1.54, 1.807) is 0 Å². The number of nitrogens with zero attached hydrogens (tertiary/aromatic N) is 3. The van der Waals surface area contributed by atoms with Crippen LogP contribution in [0.1, 0.15) is 31.7 Å². The Morgan fingerprint density at radius 1 is 1.23 bits per heavy atom. The first-order valence-electron chi connectivity index (χ1n) is 11.1. The number of guanidine groups is 1. The summed E-state index contributed by atoms with van der Waals surface area (Å²) in [4.78, 5) is 4.66. The lowest BCUT2D eigenvalue weighted by molar-refractivity contribution is 0.0205. The van der Waals surface area contributed by atoms with E-state index in [9.17, 15) is 0 Å². The lowest BCUT2D eigenvalue weighted by Crippen LogP contribution is -2.38. The van der Waals surface area contributed by atoms with Gasteiger partial charge < -0.3 is 20.1 Å². The van der Waals surface area contributed by atoms with Crippen molar-refractivity contribution in [2.45, 2.75) is 32.6 Å². The van der Waals surface area contributed by atoms with Crippen molar-refractivity contribution < 1.29 is 9.47 Å². The van der Waals surface area contributed by atoms with Gasteiger partial charge in [-0.25, -0.2) is 4.68 Å². The second-order valence-electron chi connectivity index (χ2n) is 7.55. The topological polar surface area (TPSA) is 72.7 Å². The number of halogens is 1. The summed E-state index contributed by atoms with van der Waals surface area (Å²) in [7, 11) is 0. The molecule has 0 aliphatic carbocycles. The van der Waals surface area contributed by atoms with Crippen molar-refractivity contribution in [3.8, 4) is 5.69 Å². The van der Waals surface area contributed by atoms with Gasteiger partial charge in [-0.05, 0) is 56.2 Å². The van der Waals surface area contributed by atoms with Crippen molar-refractivity contribution in [2.75, 3.05) is 46.1 Å². The molecule has 1 aromatic heterocycles. The first kappa shape index (κ1) is 25.6. The summed E-state index contributed by atoms with van der Waals surface area (Å²) in [6.45, 7) is 7.87. The molecule has 2 N–H and O–H groups in total. The van der Waals surface area contributed by atoms with E-state index in [0.717, 1.165) is 83.4 Å². The van der Waals surface area contributed by atoms with Crippen molar-refractivity contribution in [3.05, 3.63) is 48.3 Å². The molecule has 1 saturated heterocycles. The zero-order valence-corrected chi connectivity index (χ0v) is 20.8. The molecular formula is C23H36IN5O2. The molecule has 1 aromatic carbocycles. The Labute approximate surface area is 203 Å². The highest BCUT2D eigenvalue weighted by Gasteiger charge is 2.13. The van der Waals surface area contributed by atoms with Crippen LogP contribution in [-0.4, -0.2) is 61.8 Å². The quantitative estimate of drug-likeness (QED) is 0.198. The second kappa shape index (κ2) is 15.2. The van der Waals surface area contributed by atoms with E-state index in [1.807, 2.05) is 29.1 Å². The lowest BCUT2D eigenvalue weighted by Gasteiger charge is -2.21. The van der Waals surface area contributed by atoms with Crippen LogP contribution < -0.4 is 10.6 Å². The third-order valence-corrected chi connectivity index (χ3v) is 5.12. The molecule has 1 aliphatic heterocycles. The summed E-state index contributed by atoms with van der Waals surface area (Å²) in [5.41, 5.74) is 2.27. The van der Waals surface area contributed by atoms with E-state index >= 15 is 0 Å². The van der Waals surface area contributed by atoms with Gasteiger partial charge in [0.2, 0.25) is 0 Å². The van der Waals surface area contributed by atoms with E-state index in [2.05, 4.69) is 46.0 Å². The molecule has 0 atom stereocenters. The van der Waals surface area contributed by atoms with E-state index < -0.39 is 0 Å². The molecule has 0 bridgehead atoms. The molecule has 1 fully saturated rings. The molecule has 172 valence electrons. The summed E-state index contributed by atoms with van der Waals surface area (Å²) in [6, 6.07) is 10.2. The molecule has 2 aromatic rings. The van der Waals surface area contributed by atoms with E-state index in [0.29, 0.717) is 5.92 Å². The molecule has 0 spiro atoms. The summed E-state index contributed by atoms with van der Waals surface area (Å²) in [5.74, 6) is 1.52. The van der Waals surface area contributed by atoms with E-state index in [-0.39, 0.29) is 24.0 Å². The third-order valence-electron chi connectivity index (χ3n) is 5.12. The van der Waals surface area contributed by atoms with Gasteiger partial charge in [0.05, 0.1) is 11.9 Å². The van der Waals surface area contributed by atoms with Crippen LogP contribution in [0.2, 0.25) is 0 Å². The smallest absolute Gasteiger partial charge is 0.191 e. The number of nitrogens with one attached hydrogen (secondary N) is 2. The monoisotopic (exact) mass is 541 g/mol. The number of aliphatic imine (C=N–C) groups is 1. The van der Waals surface area contributed by atoms with Gasteiger partial charge in [0.1, 0.15) is 0 Å². The van der Waals surface area contributed by atoms with Crippen molar-refractivity contribution in [1.82, 2.24) is 20.4 Å². The fraction of sp³-hybridized carbons (Fsp3) is 0.565. The van der Waals surface area contributed by atoms with Gasteiger partial charge in [-0.3, -0.25) is 4.99 Å². The highest BCUT2D eigenvalue weighted by Crippen LogP contribution is 2.14. The Morgan fingerprint density at radius 3 is 2.81 bits per heavy atom. The fourth-order valence-electron chi connectivity index (χ4n) is 3.40. The van der Waals surface area contributed by atoms with Gasteiger partial charge in [-0.1, -0.05) is 18.2 Å². The highest BCUT2D eigenvalue weighted by atomic mass is 127. The van der Waals surface area contributed by atoms with Crippen LogP contribution in [0.4, 0.5) is 0 Å². The van der Waals surface area contributed by atoms with Crippen LogP contribution in [0.3, 0.4) is 0 Å². The Balaban J connectivity index is 0.00000341. The zero-order valence-electron chi connectivity index (χ0n) is 18.5. The van der Waals surface area contributed by atoms with Crippen molar-refractivity contribution in [1.29, 1.82) is 0 Å². The first-order valence-corrected chi connectivity index (χ1v) is 11.1. The van der Waals surface area contributed by atoms with Crippen LogP contribution in [-0.2, 0) is 15.9 Å². The first-order chi connectivity index (χ1) is 14.8. The minimum Gasteiger partial charge on any atom is -0.381 e. The Hall–Kier alpha value is -1.65. The average Bonchev–Trinajstić information content (AvgIpc) is 3.26. The van der Waals surface area contributed by atoms with Crippen LogP contribution in [0.5, 0.6) is 0 Å². The molecule has 31 heavy (non-hydrogen) atoms. The summed E-state index contributed by atoms with van der Waals surface area (Å²) < 4.78 is 13.1. The molecule has 3 rings (SSSR count). The second-order valence-corrected chi connectivity index (χ2v) is 7.55. The van der Waals surface area contributed by atoms with Crippen LogP contribution in [0.25, 0.3) is 5.69 Å². The number of ether oxygens (including phenoxy) is 2. The molecule has 0 unspecified atom stereocenters. The Morgan fingerprint density at radius 2 is 2.03 bits per heavy atom. The van der Waals surface area contributed by atoms with E-state index in [4.69, 9.17) is 9.47 Å². The predicted molar refractivity (Wildman–Crippen MR) is 136 cm³/mol. The van der Waals surface area contributed by atoms with E-state index in [1.165, 1.54) is 5.56 Å². The largest absolute Gasteiger partial charge is 0.381 e. The maximum absolute atomic E-state index is 5.82. The molecule has 2 heterocycles. The highest BCUT2D eigenvalue weighted by molar-refractivity contribution is 14.0. The number of hydrogen-bond acceptors (Lipinski definition) is 4. The van der Waals surface area contributed by atoms with Gasteiger partial charge >= 0.3 is 0 Å². The molecular weight excluding hydrogens is 505 g/mol. The molecule has 0 amide bonds. The maximum atomic E-state index is 5.82. The molecule has 0 radical (unpaired) electrons. The van der Waals surface area contributed by atoms with Crippen LogP contribution >= 0.6 is 24.0 Å². The summed E-state index contributed by atoms with van der Waals surface area (Å²) in [5, 5.41) is 11.2. The fourth-order valence-corrected chi connectivity index (χ4v) is 3.40. The molecule has 7 nitrogen and oxygen atoms in total. The summed E-state index contributed by atoms with van der Waals surface area (Å²) in [6.07, 6.45) is 8.08. The SMILES string of the molecule is CCNC(=NCCCOCC1CCOCC1)NCCc1cnn(-c2ccccc2)c1.I. The van der Waals surface area contributed by atoms with Gasteiger partial charge in [0.25, 0.3) is 0 Å². The molecule has 1 aliphatic rings. The Bertz CT molecular complexity index is 747. The van der Waals surface area contributed by atoms with Crippen molar-refractivity contribution >= 4 is 29.9 Å². The lowest BCUT2D eigenvalue weighted by atomic mass is 10.0. The number of hydrogen-bond donors (Lipinski definition) is 2. The number of para-hydroxylation sites is 1. The molecule has 0 saturated carbocycles. The summed E-state index contributed by atoms with van der Waals surface area (Å²) >= 11 is 0. The van der Waals surface area contributed by atoms with Crippen LogP contribution in [0, 0.1) is 5.92 Å². The zero-order chi connectivity index (χ0) is 20.9. The Kier molecular flexibility index (Phi) is 12.6.